The van der Waals surface area contributed by atoms with E-state index in [-0.39, 0.29) is 5.91 Å². The van der Waals surface area contributed by atoms with Gasteiger partial charge in [0.1, 0.15) is 0 Å². The van der Waals surface area contributed by atoms with E-state index < -0.39 is 6.10 Å². The molecule has 0 radical (unpaired) electrons. The van der Waals surface area contributed by atoms with Crippen molar-refractivity contribution in [2.75, 3.05) is 45.9 Å². The molecular formula is C12H24N2O3. The molecule has 1 N–H and O–H groups in total. The maximum absolute atomic E-state index is 11.3. The summed E-state index contributed by atoms with van der Waals surface area (Å²) in [5.41, 5.74) is 0. The Balaban J connectivity index is 2.28. The van der Waals surface area contributed by atoms with Crippen LogP contribution in [0.5, 0.6) is 0 Å². The number of ether oxygens (including phenoxy) is 1. The summed E-state index contributed by atoms with van der Waals surface area (Å²) < 4.78 is 5.19. The molecule has 1 rings (SSSR count). The molecule has 1 fully saturated rings. The van der Waals surface area contributed by atoms with Crippen molar-refractivity contribution < 1.29 is 14.6 Å². The minimum Gasteiger partial charge on any atom is -0.389 e. The molecule has 5 heteroatoms. The number of carbonyl (C=O) groups is 1. The van der Waals surface area contributed by atoms with Gasteiger partial charge in [0, 0.05) is 39.7 Å². The molecule has 0 saturated carbocycles. The van der Waals surface area contributed by atoms with Crippen LogP contribution in [0, 0.1) is 0 Å². The lowest BCUT2D eigenvalue weighted by atomic mass is 10.3. The number of aliphatic hydroxyl groups is 1. The van der Waals surface area contributed by atoms with Crippen molar-refractivity contribution in [1.29, 1.82) is 0 Å². The molecule has 1 atom stereocenters. The van der Waals surface area contributed by atoms with Crippen LogP contribution in [-0.4, -0.2) is 72.9 Å². The zero-order valence-electron chi connectivity index (χ0n) is 10.9. The van der Waals surface area contributed by atoms with E-state index in [0.29, 0.717) is 19.8 Å². The summed E-state index contributed by atoms with van der Waals surface area (Å²) >= 11 is 0. The van der Waals surface area contributed by atoms with Crippen LogP contribution in [0.2, 0.25) is 0 Å². The van der Waals surface area contributed by atoms with Gasteiger partial charge < -0.3 is 14.7 Å². The second kappa shape index (κ2) is 7.63. The molecule has 1 unspecified atom stereocenters. The predicted octanol–water partition coefficient (Wildman–Crippen LogP) is -0.0620. The number of hydrogen-bond donors (Lipinski definition) is 1. The van der Waals surface area contributed by atoms with Crippen molar-refractivity contribution in [3.8, 4) is 0 Å². The van der Waals surface area contributed by atoms with E-state index in [1.165, 1.54) is 0 Å². The molecule has 0 aliphatic carbocycles. The fraction of sp³-hybridized carbons (Fsp3) is 0.917. The Kier molecular flexibility index (Phi) is 6.47. The van der Waals surface area contributed by atoms with Crippen LogP contribution in [0.25, 0.3) is 0 Å². The molecule has 100 valence electrons. The first-order valence-corrected chi connectivity index (χ1v) is 6.37. The molecule has 1 heterocycles. The van der Waals surface area contributed by atoms with Gasteiger partial charge in [-0.25, -0.2) is 0 Å². The number of carbonyl (C=O) groups excluding carboxylic acids is 1. The fourth-order valence-electron chi connectivity index (χ4n) is 2.07. The Bertz CT molecular complexity index is 236. The summed E-state index contributed by atoms with van der Waals surface area (Å²) in [6.45, 7) is 8.55. The van der Waals surface area contributed by atoms with Crippen molar-refractivity contribution in [3.63, 3.8) is 0 Å². The van der Waals surface area contributed by atoms with Gasteiger partial charge in [0.15, 0.2) is 0 Å². The third-order valence-corrected chi connectivity index (χ3v) is 3.02. The highest BCUT2D eigenvalue weighted by molar-refractivity contribution is 5.73. The molecule has 5 nitrogen and oxygen atoms in total. The van der Waals surface area contributed by atoms with E-state index in [0.717, 1.165) is 32.6 Å². The van der Waals surface area contributed by atoms with E-state index in [4.69, 9.17) is 4.74 Å². The minimum atomic E-state index is -0.432. The van der Waals surface area contributed by atoms with Gasteiger partial charge in [-0.1, -0.05) is 0 Å². The van der Waals surface area contributed by atoms with Crippen molar-refractivity contribution >= 4 is 5.91 Å². The Hall–Kier alpha value is -0.650. The molecule has 0 aromatic heterocycles. The molecule has 0 aromatic carbocycles. The minimum absolute atomic E-state index is 0.140. The van der Waals surface area contributed by atoms with E-state index in [1.807, 2.05) is 11.8 Å². The molecule has 1 saturated heterocycles. The third-order valence-electron chi connectivity index (χ3n) is 3.02. The van der Waals surface area contributed by atoms with Crippen molar-refractivity contribution in [2.45, 2.75) is 26.4 Å². The normalized spacial score (nSPS) is 20.1. The highest BCUT2D eigenvalue weighted by atomic mass is 16.5. The van der Waals surface area contributed by atoms with Crippen LogP contribution in [0.1, 0.15) is 20.3 Å². The Morgan fingerprint density at radius 3 is 2.76 bits per heavy atom. The smallest absolute Gasteiger partial charge is 0.219 e. The Morgan fingerprint density at radius 2 is 2.12 bits per heavy atom. The lowest BCUT2D eigenvalue weighted by molar-refractivity contribution is -0.128. The lowest BCUT2D eigenvalue weighted by Gasteiger charge is -2.23. The second-order valence-corrected chi connectivity index (χ2v) is 4.47. The maximum atomic E-state index is 11.3. The van der Waals surface area contributed by atoms with Gasteiger partial charge in [-0.3, -0.25) is 9.69 Å². The van der Waals surface area contributed by atoms with E-state index in [9.17, 15) is 9.90 Å². The molecule has 0 spiro atoms. The summed E-state index contributed by atoms with van der Waals surface area (Å²) in [5.74, 6) is 0.140. The predicted molar refractivity (Wildman–Crippen MR) is 65.8 cm³/mol. The second-order valence-electron chi connectivity index (χ2n) is 4.47. The molecule has 1 aliphatic rings. The van der Waals surface area contributed by atoms with Crippen LogP contribution < -0.4 is 0 Å². The third kappa shape index (κ3) is 5.48. The van der Waals surface area contributed by atoms with Crippen LogP contribution in [0.3, 0.4) is 0 Å². The van der Waals surface area contributed by atoms with Gasteiger partial charge in [-0.15, -0.1) is 0 Å². The zero-order chi connectivity index (χ0) is 12.7. The maximum Gasteiger partial charge on any atom is 0.219 e. The monoisotopic (exact) mass is 244 g/mol. The first kappa shape index (κ1) is 14.4. The van der Waals surface area contributed by atoms with Gasteiger partial charge in [-0.2, -0.15) is 0 Å². The fourth-order valence-corrected chi connectivity index (χ4v) is 2.07. The van der Waals surface area contributed by atoms with E-state index in [2.05, 4.69) is 4.90 Å². The highest BCUT2D eigenvalue weighted by Gasteiger charge is 2.18. The van der Waals surface area contributed by atoms with Gasteiger partial charge >= 0.3 is 0 Å². The van der Waals surface area contributed by atoms with Crippen molar-refractivity contribution in [3.05, 3.63) is 0 Å². The Labute approximate surface area is 103 Å². The number of hydrogen-bond acceptors (Lipinski definition) is 4. The average molecular weight is 244 g/mol. The summed E-state index contributed by atoms with van der Waals surface area (Å²) in [5, 5.41) is 9.75. The molecular weight excluding hydrogens is 220 g/mol. The lowest BCUT2D eigenvalue weighted by Crippen LogP contribution is -2.38. The first-order valence-electron chi connectivity index (χ1n) is 6.37. The van der Waals surface area contributed by atoms with Gasteiger partial charge in [0.05, 0.1) is 12.7 Å². The summed E-state index contributed by atoms with van der Waals surface area (Å²) in [7, 11) is 0. The number of amides is 1. The van der Waals surface area contributed by atoms with Crippen LogP contribution >= 0.6 is 0 Å². The number of β-amino-alcohol motifs (C(OH)–C–C–N with tert-alkyl or cyclic N) is 1. The number of nitrogens with zero attached hydrogens (tertiary/aromatic N) is 2. The van der Waals surface area contributed by atoms with Gasteiger partial charge in [0.25, 0.3) is 0 Å². The first-order chi connectivity index (χ1) is 8.13. The summed E-state index contributed by atoms with van der Waals surface area (Å²) in [6, 6.07) is 0. The zero-order valence-corrected chi connectivity index (χ0v) is 10.9. The molecule has 1 aliphatic heterocycles. The standard InChI is InChI=1S/C12H24N2O3/c1-3-17-10-12(16)9-13-5-4-6-14(8-7-13)11(2)15/h12,16H,3-10H2,1-2H3. The Morgan fingerprint density at radius 1 is 1.35 bits per heavy atom. The molecule has 0 aromatic rings. The van der Waals surface area contributed by atoms with E-state index in [1.54, 1.807) is 6.92 Å². The van der Waals surface area contributed by atoms with Gasteiger partial charge in [0.2, 0.25) is 5.91 Å². The van der Waals surface area contributed by atoms with Crippen LogP contribution in [0.4, 0.5) is 0 Å². The largest absolute Gasteiger partial charge is 0.389 e. The summed E-state index contributed by atoms with van der Waals surface area (Å²) in [4.78, 5) is 15.3. The van der Waals surface area contributed by atoms with Gasteiger partial charge in [-0.05, 0) is 19.9 Å². The molecule has 17 heavy (non-hydrogen) atoms. The highest BCUT2D eigenvalue weighted by Crippen LogP contribution is 2.04. The topological polar surface area (TPSA) is 53.0 Å². The number of rotatable bonds is 5. The number of aliphatic hydroxyl groups excluding tert-OH is 1. The van der Waals surface area contributed by atoms with E-state index >= 15 is 0 Å². The van der Waals surface area contributed by atoms with Crippen molar-refractivity contribution in [1.82, 2.24) is 9.80 Å². The van der Waals surface area contributed by atoms with Crippen LogP contribution in [0.15, 0.2) is 0 Å². The quantitative estimate of drug-likeness (QED) is 0.736. The molecule has 1 amide bonds. The SMILES string of the molecule is CCOCC(O)CN1CCCN(C(C)=O)CC1. The molecule has 0 bridgehead atoms. The summed E-state index contributed by atoms with van der Waals surface area (Å²) in [6.07, 6.45) is 0.542. The van der Waals surface area contributed by atoms with Crippen LogP contribution in [-0.2, 0) is 9.53 Å². The average Bonchev–Trinajstić information content (AvgIpc) is 2.52. The van der Waals surface area contributed by atoms with Crippen molar-refractivity contribution in [2.24, 2.45) is 0 Å².